The van der Waals surface area contributed by atoms with Crippen LogP contribution < -0.4 is 16.1 Å². The summed E-state index contributed by atoms with van der Waals surface area (Å²) in [7, 11) is 3.57. The van der Waals surface area contributed by atoms with Crippen LogP contribution in [0, 0.1) is 12.8 Å². The molecule has 32 heavy (non-hydrogen) atoms. The molecular formula is C21H25N7O2S2. The Morgan fingerprint density at radius 1 is 1.22 bits per heavy atom. The molecule has 1 aromatic carbocycles. The van der Waals surface area contributed by atoms with E-state index in [0.717, 1.165) is 20.7 Å². The third kappa shape index (κ3) is 4.63. The van der Waals surface area contributed by atoms with Crippen LogP contribution in [0.5, 0.6) is 0 Å². The number of aromatic amines is 1. The minimum atomic E-state index is -0.473. The van der Waals surface area contributed by atoms with Crippen molar-refractivity contribution in [2.75, 3.05) is 17.7 Å². The van der Waals surface area contributed by atoms with Gasteiger partial charge in [-0.3, -0.25) is 14.3 Å². The first kappa shape index (κ1) is 22.3. The lowest BCUT2D eigenvalue weighted by Crippen LogP contribution is -2.30. The van der Waals surface area contributed by atoms with Crippen molar-refractivity contribution < 1.29 is 0 Å². The fourth-order valence-electron chi connectivity index (χ4n) is 3.53. The van der Waals surface area contributed by atoms with Crippen LogP contribution in [0.15, 0.2) is 44.3 Å². The Morgan fingerprint density at radius 2 is 1.97 bits per heavy atom. The van der Waals surface area contributed by atoms with Gasteiger partial charge in [0.1, 0.15) is 5.01 Å². The van der Waals surface area contributed by atoms with Crippen LogP contribution >= 0.6 is 23.1 Å². The molecule has 9 nitrogen and oxygen atoms in total. The Hall–Kier alpha value is -2.92. The maximum Gasteiger partial charge on any atom is 0.329 e. The fraction of sp³-hybridized carbons (Fsp3) is 0.381. The third-order valence-corrected chi connectivity index (χ3v) is 7.39. The summed E-state index contributed by atoms with van der Waals surface area (Å²) in [6.07, 6.45) is 0. The number of imidazole rings is 1. The summed E-state index contributed by atoms with van der Waals surface area (Å²) in [6, 6.07) is 10.1. The Labute approximate surface area is 193 Å². The lowest BCUT2D eigenvalue weighted by Gasteiger charge is -2.21. The standard InChI is InChI=1S/C21H25N7O2S2/c1-13(12-31-21-25-24-14(2)32-21)10-28-16-17(27(4)20(30)23-18(16)29)22-19(28)26(3)11-15-8-6-5-7-9-15/h5-9,13H,10-12H2,1-4H3,(H,23,29,30)/t13-/m0/s1. The number of nitrogens with one attached hydrogen (secondary N) is 1. The lowest BCUT2D eigenvalue weighted by atomic mass is 10.2. The van der Waals surface area contributed by atoms with E-state index in [0.29, 0.717) is 30.2 Å². The number of H-pyrrole nitrogens is 1. The summed E-state index contributed by atoms with van der Waals surface area (Å²) in [5.41, 5.74) is 1.03. The van der Waals surface area contributed by atoms with E-state index in [1.165, 1.54) is 4.57 Å². The lowest BCUT2D eigenvalue weighted by molar-refractivity contribution is 0.536. The number of rotatable bonds is 8. The summed E-state index contributed by atoms with van der Waals surface area (Å²) in [5.74, 6) is 1.70. The summed E-state index contributed by atoms with van der Waals surface area (Å²) in [4.78, 5) is 34.0. The monoisotopic (exact) mass is 471 g/mol. The van der Waals surface area contributed by atoms with Gasteiger partial charge in [-0.15, -0.1) is 10.2 Å². The van der Waals surface area contributed by atoms with E-state index in [9.17, 15) is 9.59 Å². The second-order valence-electron chi connectivity index (χ2n) is 7.86. The number of hydrogen-bond donors (Lipinski definition) is 1. The minimum Gasteiger partial charge on any atom is -0.341 e. The highest BCUT2D eigenvalue weighted by Crippen LogP contribution is 2.27. The van der Waals surface area contributed by atoms with Crippen molar-refractivity contribution >= 4 is 40.2 Å². The molecule has 3 aromatic heterocycles. The number of aryl methyl sites for hydroxylation is 2. The molecule has 3 heterocycles. The third-order valence-electron chi connectivity index (χ3n) is 5.08. The summed E-state index contributed by atoms with van der Waals surface area (Å²) in [5, 5.41) is 9.18. The first-order valence-electron chi connectivity index (χ1n) is 10.2. The average Bonchev–Trinajstić information content (AvgIpc) is 3.35. The number of aromatic nitrogens is 6. The SMILES string of the molecule is Cc1nnc(SC[C@@H](C)Cn2c(N(C)Cc3ccccc3)nc3c2c(=O)[nH]c(=O)n3C)s1. The van der Waals surface area contributed by atoms with Gasteiger partial charge in [0, 0.05) is 32.9 Å². The first-order valence-corrected chi connectivity index (χ1v) is 12.0. The maximum absolute atomic E-state index is 12.8. The van der Waals surface area contributed by atoms with Crippen LogP contribution in [0.1, 0.15) is 17.5 Å². The van der Waals surface area contributed by atoms with Gasteiger partial charge in [0.15, 0.2) is 15.5 Å². The molecule has 0 fully saturated rings. The molecule has 0 aliphatic heterocycles. The molecule has 0 bridgehead atoms. The topological polar surface area (TPSA) is 102 Å². The molecule has 11 heteroatoms. The quantitative estimate of drug-likeness (QED) is 0.394. The van der Waals surface area contributed by atoms with Gasteiger partial charge < -0.3 is 9.47 Å². The van der Waals surface area contributed by atoms with E-state index in [2.05, 4.69) is 34.2 Å². The molecule has 0 spiro atoms. The second kappa shape index (κ2) is 9.29. The Bertz CT molecular complexity index is 1340. The minimum absolute atomic E-state index is 0.224. The fourth-order valence-corrected chi connectivity index (χ4v) is 5.38. The van der Waals surface area contributed by atoms with E-state index < -0.39 is 11.2 Å². The molecule has 1 atom stereocenters. The molecule has 0 unspecified atom stereocenters. The van der Waals surface area contributed by atoms with Gasteiger partial charge >= 0.3 is 5.69 Å². The Morgan fingerprint density at radius 3 is 2.66 bits per heavy atom. The normalized spacial score (nSPS) is 12.4. The van der Waals surface area contributed by atoms with Crippen LogP contribution in [-0.4, -0.2) is 42.1 Å². The van der Waals surface area contributed by atoms with Crippen LogP contribution in [0.2, 0.25) is 0 Å². The van der Waals surface area contributed by atoms with Crippen molar-refractivity contribution in [3.8, 4) is 0 Å². The predicted molar refractivity (Wildman–Crippen MR) is 129 cm³/mol. The maximum atomic E-state index is 12.8. The van der Waals surface area contributed by atoms with E-state index in [4.69, 9.17) is 4.98 Å². The number of benzene rings is 1. The smallest absolute Gasteiger partial charge is 0.329 e. The molecule has 1 N–H and O–H groups in total. The summed E-state index contributed by atoms with van der Waals surface area (Å²) < 4.78 is 4.25. The van der Waals surface area contributed by atoms with E-state index in [-0.39, 0.29) is 5.92 Å². The predicted octanol–water partition coefficient (Wildman–Crippen LogP) is 2.65. The van der Waals surface area contributed by atoms with Gasteiger partial charge in [-0.05, 0) is 18.4 Å². The van der Waals surface area contributed by atoms with Crippen molar-refractivity contribution in [2.24, 2.45) is 13.0 Å². The Kier molecular flexibility index (Phi) is 6.47. The molecule has 168 valence electrons. The average molecular weight is 472 g/mol. The van der Waals surface area contributed by atoms with Gasteiger partial charge in [0.2, 0.25) is 5.95 Å². The van der Waals surface area contributed by atoms with Crippen molar-refractivity contribution in [3.63, 3.8) is 0 Å². The highest BCUT2D eigenvalue weighted by atomic mass is 32.2. The molecular weight excluding hydrogens is 446 g/mol. The van der Waals surface area contributed by atoms with Gasteiger partial charge in [-0.2, -0.15) is 4.98 Å². The number of hydrogen-bond acceptors (Lipinski definition) is 8. The highest BCUT2D eigenvalue weighted by Gasteiger charge is 2.21. The van der Waals surface area contributed by atoms with Gasteiger partial charge in [-0.25, -0.2) is 4.79 Å². The molecule has 0 saturated heterocycles. The number of anilines is 1. The van der Waals surface area contributed by atoms with E-state index >= 15 is 0 Å². The highest BCUT2D eigenvalue weighted by molar-refractivity contribution is 8.01. The van der Waals surface area contributed by atoms with Crippen LogP contribution in [0.4, 0.5) is 5.95 Å². The van der Waals surface area contributed by atoms with Gasteiger partial charge in [0.05, 0.1) is 0 Å². The number of nitrogens with zero attached hydrogens (tertiary/aromatic N) is 6. The van der Waals surface area contributed by atoms with Crippen LogP contribution in [-0.2, 0) is 20.1 Å². The van der Waals surface area contributed by atoms with Gasteiger partial charge in [-0.1, -0.05) is 60.4 Å². The van der Waals surface area contributed by atoms with Crippen LogP contribution in [0.3, 0.4) is 0 Å². The molecule has 0 aliphatic rings. The largest absolute Gasteiger partial charge is 0.341 e. The van der Waals surface area contributed by atoms with Crippen molar-refractivity contribution in [3.05, 3.63) is 61.7 Å². The zero-order valence-corrected chi connectivity index (χ0v) is 20.0. The van der Waals surface area contributed by atoms with Crippen molar-refractivity contribution in [2.45, 2.75) is 31.3 Å². The molecule has 4 rings (SSSR count). The zero-order chi connectivity index (χ0) is 22.8. The van der Waals surface area contributed by atoms with Gasteiger partial charge in [0.25, 0.3) is 5.56 Å². The first-order chi connectivity index (χ1) is 15.3. The molecule has 0 saturated carbocycles. The molecule has 0 radical (unpaired) electrons. The Balaban J connectivity index is 1.68. The summed E-state index contributed by atoms with van der Waals surface area (Å²) >= 11 is 3.24. The second-order valence-corrected chi connectivity index (χ2v) is 10.3. The zero-order valence-electron chi connectivity index (χ0n) is 18.4. The molecule has 0 amide bonds. The van der Waals surface area contributed by atoms with E-state index in [1.54, 1.807) is 30.1 Å². The number of fused-ring (bicyclic) bond motifs is 1. The van der Waals surface area contributed by atoms with Crippen LogP contribution in [0.25, 0.3) is 11.2 Å². The number of thioether (sulfide) groups is 1. The van der Waals surface area contributed by atoms with E-state index in [1.807, 2.05) is 41.6 Å². The van der Waals surface area contributed by atoms with Crippen molar-refractivity contribution in [1.29, 1.82) is 0 Å². The molecule has 0 aliphatic carbocycles. The molecule has 4 aromatic rings. The summed E-state index contributed by atoms with van der Waals surface area (Å²) in [6.45, 7) is 5.28. The van der Waals surface area contributed by atoms with Crippen molar-refractivity contribution in [1.82, 2.24) is 29.3 Å².